The highest BCUT2D eigenvalue weighted by atomic mass is 16.2. The van der Waals surface area contributed by atoms with E-state index >= 15 is 0 Å². The molecule has 8 nitrogen and oxygen atoms in total. The van der Waals surface area contributed by atoms with Gasteiger partial charge in [0.05, 0.1) is 0 Å². The number of carbonyl (C=O) groups is 2. The van der Waals surface area contributed by atoms with Crippen molar-refractivity contribution < 1.29 is 9.59 Å². The van der Waals surface area contributed by atoms with Crippen molar-refractivity contribution in [2.75, 3.05) is 44.2 Å². The van der Waals surface area contributed by atoms with Crippen LogP contribution in [0, 0.1) is 0 Å². The topological polar surface area (TPSA) is 82.5 Å². The number of aromatic nitrogens is 3. The average Bonchev–Trinajstić information content (AvgIpc) is 3.08. The number of amides is 2. The normalized spacial score (nSPS) is 17.7. The highest BCUT2D eigenvalue weighted by molar-refractivity contribution is 5.98. The fourth-order valence-electron chi connectivity index (χ4n) is 3.86. The Morgan fingerprint density at radius 1 is 0.724 bits per heavy atom. The third-order valence-corrected chi connectivity index (χ3v) is 5.52. The molecular weight excluding hydrogens is 368 g/mol. The number of nitrogens with zero attached hydrogens (tertiary/aromatic N) is 6. The number of piperazine rings is 1. The summed E-state index contributed by atoms with van der Waals surface area (Å²) in [5, 5.41) is 0. The van der Waals surface area contributed by atoms with E-state index in [1.807, 2.05) is 4.90 Å². The molecule has 0 aromatic carbocycles. The molecule has 2 aliphatic heterocycles. The van der Waals surface area contributed by atoms with E-state index in [1.54, 1.807) is 41.7 Å². The Kier molecular flexibility index (Phi) is 5.97. The summed E-state index contributed by atoms with van der Waals surface area (Å²) in [6.07, 6.45) is 9.42. The van der Waals surface area contributed by atoms with Crippen LogP contribution in [0.5, 0.6) is 0 Å². The molecule has 2 amide bonds. The van der Waals surface area contributed by atoms with Gasteiger partial charge in [-0.1, -0.05) is 12.8 Å². The van der Waals surface area contributed by atoms with Crippen LogP contribution in [0.25, 0.3) is 0 Å². The first kappa shape index (κ1) is 19.3. The number of anilines is 1. The summed E-state index contributed by atoms with van der Waals surface area (Å²) in [7, 11) is 0. The van der Waals surface area contributed by atoms with Gasteiger partial charge in [0.25, 0.3) is 11.8 Å². The fourth-order valence-corrected chi connectivity index (χ4v) is 3.86. The van der Waals surface area contributed by atoms with Gasteiger partial charge < -0.3 is 14.7 Å². The van der Waals surface area contributed by atoms with Crippen molar-refractivity contribution in [2.24, 2.45) is 0 Å². The van der Waals surface area contributed by atoms with Crippen LogP contribution < -0.4 is 4.90 Å². The second-order valence-corrected chi connectivity index (χ2v) is 7.46. The molecule has 0 saturated carbocycles. The molecule has 0 radical (unpaired) electrons. The molecule has 2 aliphatic rings. The van der Waals surface area contributed by atoms with Crippen molar-refractivity contribution in [3.63, 3.8) is 0 Å². The van der Waals surface area contributed by atoms with E-state index in [0.717, 1.165) is 25.9 Å². The Hall–Kier alpha value is -3.03. The van der Waals surface area contributed by atoms with Crippen LogP contribution in [0.4, 0.5) is 5.95 Å². The molecule has 2 aromatic heterocycles. The molecule has 4 rings (SSSR count). The van der Waals surface area contributed by atoms with Crippen LogP contribution in [-0.4, -0.2) is 75.8 Å². The molecule has 0 aliphatic carbocycles. The lowest BCUT2D eigenvalue weighted by atomic mass is 10.1. The Morgan fingerprint density at radius 2 is 1.38 bits per heavy atom. The maximum absolute atomic E-state index is 12.9. The van der Waals surface area contributed by atoms with E-state index in [4.69, 9.17) is 0 Å². The first-order valence-corrected chi connectivity index (χ1v) is 10.3. The van der Waals surface area contributed by atoms with Gasteiger partial charge in [-0.2, -0.15) is 0 Å². The third kappa shape index (κ3) is 4.52. The molecule has 29 heavy (non-hydrogen) atoms. The minimum atomic E-state index is -0.135. The van der Waals surface area contributed by atoms with Gasteiger partial charge in [0.15, 0.2) is 0 Å². The van der Waals surface area contributed by atoms with Crippen LogP contribution >= 0.6 is 0 Å². The molecule has 8 heteroatoms. The molecular formula is C21H26N6O2. The molecule has 152 valence electrons. The smallest absolute Gasteiger partial charge is 0.272 e. The molecule has 2 saturated heterocycles. The summed E-state index contributed by atoms with van der Waals surface area (Å²) >= 11 is 0. The van der Waals surface area contributed by atoms with E-state index in [-0.39, 0.29) is 11.8 Å². The monoisotopic (exact) mass is 394 g/mol. The van der Waals surface area contributed by atoms with Gasteiger partial charge >= 0.3 is 0 Å². The predicted octanol–water partition coefficient (Wildman–Crippen LogP) is 1.85. The lowest BCUT2D eigenvalue weighted by Crippen LogP contribution is -2.49. The summed E-state index contributed by atoms with van der Waals surface area (Å²) in [5.74, 6) is 0.543. The van der Waals surface area contributed by atoms with Crippen LogP contribution in [0.3, 0.4) is 0 Å². The van der Waals surface area contributed by atoms with Crippen LogP contribution in [0.1, 0.15) is 46.5 Å². The lowest BCUT2D eigenvalue weighted by molar-refractivity contribution is 0.0740. The molecule has 0 spiro atoms. The SMILES string of the molecule is O=C(c1ccnc(C(=O)N2CCN(c3ncccn3)CC2)c1)N1CCCCCC1. The van der Waals surface area contributed by atoms with E-state index in [2.05, 4.69) is 19.9 Å². The standard InChI is InChI=1S/C21H26N6O2/c28-19(25-10-3-1-2-4-11-25)17-6-9-22-18(16-17)20(29)26-12-14-27(15-13-26)21-23-7-5-8-24-21/h5-9,16H,1-4,10-15H2. The molecule has 0 N–H and O–H groups in total. The Balaban J connectivity index is 1.40. The summed E-state index contributed by atoms with van der Waals surface area (Å²) in [6.45, 7) is 4.05. The van der Waals surface area contributed by atoms with Crippen molar-refractivity contribution in [2.45, 2.75) is 25.7 Å². The van der Waals surface area contributed by atoms with E-state index in [0.29, 0.717) is 43.4 Å². The van der Waals surface area contributed by atoms with E-state index in [9.17, 15) is 9.59 Å². The van der Waals surface area contributed by atoms with Gasteiger partial charge in [0, 0.05) is 63.4 Å². The van der Waals surface area contributed by atoms with E-state index in [1.165, 1.54) is 12.8 Å². The van der Waals surface area contributed by atoms with Crippen molar-refractivity contribution in [1.82, 2.24) is 24.8 Å². The third-order valence-electron chi connectivity index (χ3n) is 5.52. The molecule has 0 bridgehead atoms. The van der Waals surface area contributed by atoms with Gasteiger partial charge in [0.1, 0.15) is 5.69 Å². The number of hydrogen-bond acceptors (Lipinski definition) is 6. The average molecular weight is 394 g/mol. The minimum Gasteiger partial charge on any atom is -0.339 e. The zero-order valence-corrected chi connectivity index (χ0v) is 16.5. The van der Waals surface area contributed by atoms with Gasteiger partial charge in [-0.3, -0.25) is 14.6 Å². The van der Waals surface area contributed by atoms with Crippen LogP contribution in [0.2, 0.25) is 0 Å². The molecule has 0 unspecified atom stereocenters. The van der Waals surface area contributed by atoms with Crippen molar-refractivity contribution in [1.29, 1.82) is 0 Å². The van der Waals surface area contributed by atoms with E-state index < -0.39 is 0 Å². The number of pyridine rings is 1. The highest BCUT2D eigenvalue weighted by Crippen LogP contribution is 2.16. The fraction of sp³-hybridized carbons (Fsp3) is 0.476. The molecule has 4 heterocycles. The van der Waals surface area contributed by atoms with Gasteiger partial charge in [-0.15, -0.1) is 0 Å². The van der Waals surface area contributed by atoms with Crippen molar-refractivity contribution in [3.8, 4) is 0 Å². The zero-order chi connectivity index (χ0) is 20.1. The zero-order valence-electron chi connectivity index (χ0n) is 16.5. The quantitative estimate of drug-likeness (QED) is 0.790. The molecule has 2 aromatic rings. The molecule has 0 atom stereocenters. The molecule has 2 fully saturated rings. The predicted molar refractivity (Wildman–Crippen MR) is 109 cm³/mol. The lowest BCUT2D eigenvalue weighted by Gasteiger charge is -2.34. The summed E-state index contributed by atoms with van der Waals surface area (Å²) in [5.41, 5.74) is 0.872. The largest absolute Gasteiger partial charge is 0.339 e. The first-order chi connectivity index (χ1) is 14.2. The summed E-state index contributed by atoms with van der Waals surface area (Å²) in [4.78, 5) is 44.3. The Bertz CT molecular complexity index is 843. The second kappa shape index (κ2) is 8.98. The van der Waals surface area contributed by atoms with Crippen molar-refractivity contribution >= 4 is 17.8 Å². The first-order valence-electron chi connectivity index (χ1n) is 10.3. The second-order valence-electron chi connectivity index (χ2n) is 7.46. The minimum absolute atomic E-state index is 0.00519. The van der Waals surface area contributed by atoms with Gasteiger partial charge in [-0.25, -0.2) is 9.97 Å². The van der Waals surface area contributed by atoms with Crippen LogP contribution in [-0.2, 0) is 0 Å². The van der Waals surface area contributed by atoms with Crippen molar-refractivity contribution in [3.05, 3.63) is 48.0 Å². The highest BCUT2D eigenvalue weighted by Gasteiger charge is 2.25. The Morgan fingerprint density at radius 3 is 2.07 bits per heavy atom. The number of likely N-dealkylation sites (tertiary alicyclic amines) is 1. The number of carbonyl (C=O) groups excluding carboxylic acids is 2. The maximum atomic E-state index is 12.9. The van der Waals surface area contributed by atoms with Gasteiger partial charge in [0.2, 0.25) is 5.95 Å². The van der Waals surface area contributed by atoms with Crippen LogP contribution in [0.15, 0.2) is 36.8 Å². The maximum Gasteiger partial charge on any atom is 0.272 e. The summed E-state index contributed by atoms with van der Waals surface area (Å²) < 4.78 is 0. The number of rotatable bonds is 3. The Labute approximate surface area is 170 Å². The van der Waals surface area contributed by atoms with Gasteiger partial charge in [-0.05, 0) is 31.0 Å². The number of hydrogen-bond donors (Lipinski definition) is 0. The summed E-state index contributed by atoms with van der Waals surface area (Å²) in [6, 6.07) is 5.13.